The Labute approximate surface area is 68.6 Å². The average molecular weight is 156 g/mol. The summed E-state index contributed by atoms with van der Waals surface area (Å²) in [6.07, 6.45) is 6.75. The van der Waals surface area contributed by atoms with Gasteiger partial charge in [0.2, 0.25) is 0 Å². The summed E-state index contributed by atoms with van der Waals surface area (Å²) in [5, 5.41) is 9.15. The molecule has 1 N–H and O–H groups in total. The van der Waals surface area contributed by atoms with Crippen LogP contribution in [-0.4, -0.2) is 24.4 Å². The van der Waals surface area contributed by atoms with Gasteiger partial charge in [0.05, 0.1) is 6.10 Å². The van der Waals surface area contributed by atoms with E-state index in [0.717, 1.165) is 26.1 Å². The van der Waals surface area contributed by atoms with Gasteiger partial charge < -0.3 is 9.84 Å². The Morgan fingerprint density at radius 2 is 2.36 bits per heavy atom. The summed E-state index contributed by atoms with van der Waals surface area (Å²) in [5.41, 5.74) is 0. The van der Waals surface area contributed by atoms with E-state index in [0.29, 0.717) is 6.42 Å². The summed E-state index contributed by atoms with van der Waals surface area (Å²) in [7, 11) is 0. The highest BCUT2D eigenvalue weighted by Gasteiger charge is 2.00. The summed E-state index contributed by atoms with van der Waals surface area (Å²) in [4.78, 5) is 0. The second-order valence-corrected chi connectivity index (χ2v) is 2.40. The van der Waals surface area contributed by atoms with E-state index < -0.39 is 0 Å². The van der Waals surface area contributed by atoms with Crippen molar-refractivity contribution in [1.29, 1.82) is 0 Å². The summed E-state index contributed by atoms with van der Waals surface area (Å²) in [5.74, 6) is 2.42. The Kier molecular flexibility index (Phi) is 7.23. The van der Waals surface area contributed by atoms with Crippen LogP contribution in [0.4, 0.5) is 0 Å². The highest BCUT2D eigenvalue weighted by molar-refractivity contribution is 4.86. The fourth-order valence-corrected chi connectivity index (χ4v) is 0.803. The first-order chi connectivity index (χ1) is 5.31. The van der Waals surface area contributed by atoms with E-state index in [-0.39, 0.29) is 6.10 Å². The van der Waals surface area contributed by atoms with Crippen LogP contribution in [0.15, 0.2) is 0 Å². The van der Waals surface area contributed by atoms with Crippen LogP contribution in [0.3, 0.4) is 0 Å². The first-order valence-corrected chi connectivity index (χ1v) is 4.00. The molecule has 64 valence electrons. The smallest absolute Gasteiger partial charge is 0.0650 e. The van der Waals surface area contributed by atoms with Crippen LogP contribution in [0.25, 0.3) is 0 Å². The molecule has 2 nitrogen and oxygen atoms in total. The highest BCUT2D eigenvalue weighted by atomic mass is 16.5. The fraction of sp³-hybridized carbons (Fsp3) is 0.778. The fourth-order valence-electron chi connectivity index (χ4n) is 0.803. The Balaban J connectivity index is 3.05. The van der Waals surface area contributed by atoms with Crippen molar-refractivity contribution in [2.45, 2.75) is 32.3 Å². The lowest BCUT2D eigenvalue weighted by atomic mass is 10.1. The van der Waals surface area contributed by atoms with E-state index >= 15 is 0 Å². The maximum Gasteiger partial charge on any atom is 0.0650 e. The molecular weight excluding hydrogens is 140 g/mol. The van der Waals surface area contributed by atoms with Gasteiger partial charge in [-0.3, -0.25) is 0 Å². The summed E-state index contributed by atoms with van der Waals surface area (Å²) < 4.78 is 5.10. The lowest BCUT2D eigenvalue weighted by Gasteiger charge is -2.05. The number of terminal acetylenes is 1. The SMILES string of the molecule is C#CCC(O)CCCOCC. The molecule has 0 aromatic carbocycles. The van der Waals surface area contributed by atoms with Crippen molar-refractivity contribution in [1.82, 2.24) is 0 Å². The first kappa shape index (κ1) is 10.5. The molecule has 0 aliphatic heterocycles. The highest BCUT2D eigenvalue weighted by Crippen LogP contribution is 2.00. The zero-order valence-electron chi connectivity index (χ0n) is 7.05. The van der Waals surface area contributed by atoms with E-state index in [9.17, 15) is 0 Å². The molecule has 0 saturated heterocycles. The molecular formula is C9H16O2. The third kappa shape index (κ3) is 7.38. The van der Waals surface area contributed by atoms with Crippen LogP contribution < -0.4 is 0 Å². The number of rotatable bonds is 6. The van der Waals surface area contributed by atoms with E-state index in [1.165, 1.54) is 0 Å². The quantitative estimate of drug-likeness (QED) is 0.462. The van der Waals surface area contributed by atoms with Crippen LogP contribution in [0.2, 0.25) is 0 Å². The van der Waals surface area contributed by atoms with Gasteiger partial charge in [0.15, 0.2) is 0 Å². The number of hydrogen-bond donors (Lipinski definition) is 1. The van der Waals surface area contributed by atoms with Crippen molar-refractivity contribution in [3.8, 4) is 12.3 Å². The zero-order chi connectivity index (χ0) is 8.53. The van der Waals surface area contributed by atoms with Crippen molar-refractivity contribution >= 4 is 0 Å². The van der Waals surface area contributed by atoms with Crippen LogP contribution in [0.5, 0.6) is 0 Å². The number of aliphatic hydroxyl groups is 1. The Hall–Kier alpha value is -0.520. The normalized spacial score (nSPS) is 12.5. The minimum absolute atomic E-state index is 0.347. The van der Waals surface area contributed by atoms with E-state index in [2.05, 4.69) is 5.92 Å². The molecule has 2 heteroatoms. The largest absolute Gasteiger partial charge is 0.392 e. The molecule has 1 unspecified atom stereocenters. The average Bonchev–Trinajstić information content (AvgIpc) is 1.99. The molecule has 0 spiro atoms. The van der Waals surface area contributed by atoms with Crippen LogP contribution in [0, 0.1) is 12.3 Å². The second-order valence-electron chi connectivity index (χ2n) is 2.40. The molecule has 0 aliphatic carbocycles. The molecule has 0 bridgehead atoms. The number of aliphatic hydroxyl groups excluding tert-OH is 1. The van der Waals surface area contributed by atoms with Gasteiger partial charge in [-0.25, -0.2) is 0 Å². The molecule has 0 aliphatic rings. The standard InChI is InChI=1S/C9H16O2/c1-3-6-9(10)7-5-8-11-4-2/h1,9-10H,4-8H2,2H3. The van der Waals surface area contributed by atoms with Gasteiger partial charge in [0, 0.05) is 19.6 Å². The topological polar surface area (TPSA) is 29.5 Å². The summed E-state index contributed by atoms with van der Waals surface area (Å²) in [6, 6.07) is 0. The van der Waals surface area contributed by atoms with Gasteiger partial charge in [0.25, 0.3) is 0 Å². The third-order valence-corrected chi connectivity index (χ3v) is 1.38. The maximum atomic E-state index is 9.15. The van der Waals surface area contributed by atoms with Crippen LogP contribution in [0.1, 0.15) is 26.2 Å². The second kappa shape index (κ2) is 7.59. The van der Waals surface area contributed by atoms with Crippen molar-refractivity contribution in [3.05, 3.63) is 0 Å². The summed E-state index contributed by atoms with van der Waals surface area (Å²) in [6.45, 7) is 3.42. The van der Waals surface area contributed by atoms with Crippen LogP contribution >= 0.6 is 0 Å². The minimum atomic E-state index is -0.347. The van der Waals surface area contributed by atoms with Crippen molar-refractivity contribution in [2.24, 2.45) is 0 Å². The predicted octanol–water partition coefficient (Wildman–Crippen LogP) is 1.19. The zero-order valence-corrected chi connectivity index (χ0v) is 7.05. The van der Waals surface area contributed by atoms with Crippen molar-refractivity contribution < 1.29 is 9.84 Å². The molecule has 0 aromatic heterocycles. The molecule has 0 rings (SSSR count). The number of ether oxygens (including phenoxy) is 1. The lowest BCUT2D eigenvalue weighted by Crippen LogP contribution is -2.06. The van der Waals surface area contributed by atoms with E-state index in [4.69, 9.17) is 16.3 Å². The number of hydrogen-bond acceptors (Lipinski definition) is 2. The summed E-state index contributed by atoms with van der Waals surface area (Å²) >= 11 is 0. The molecule has 0 heterocycles. The molecule has 0 radical (unpaired) electrons. The van der Waals surface area contributed by atoms with Gasteiger partial charge in [-0.1, -0.05) is 0 Å². The van der Waals surface area contributed by atoms with Gasteiger partial charge in [-0.15, -0.1) is 12.3 Å². The molecule has 0 fully saturated rings. The monoisotopic (exact) mass is 156 g/mol. The maximum absolute atomic E-state index is 9.15. The predicted molar refractivity (Wildman–Crippen MR) is 45.2 cm³/mol. The van der Waals surface area contributed by atoms with E-state index in [1.807, 2.05) is 6.92 Å². The van der Waals surface area contributed by atoms with Crippen molar-refractivity contribution in [2.75, 3.05) is 13.2 Å². The van der Waals surface area contributed by atoms with Crippen molar-refractivity contribution in [3.63, 3.8) is 0 Å². The molecule has 0 amide bonds. The molecule has 0 saturated carbocycles. The van der Waals surface area contributed by atoms with Gasteiger partial charge in [-0.2, -0.15) is 0 Å². The van der Waals surface area contributed by atoms with Gasteiger partial charge in [0.1, 0.15) is 0 Å². The molecule has 1 atom stereocenters. The Morgan fingerprint density at radius 3 is 2.91 bits per heavy atom. The van der Waals surface area contributed by atoms with Gasteiger partial charge >= 0.3 is 0 Å². The first-order valence-electron chi connectivity index (χ1n) is 4.00. The van der Waals surface area contributed by atoms with Gasteiger partial charge in [-0.05, 0) is 19.8 Å². The Morgan fingerprint density at radius 1 is 1.64 bits per heavy atom. The van der Waals surface area contributed by atoms with E-state index in [1.54, 1.807) is 0 Å². The van der Waals surface area contributed by atoms with Crippen LogP contribution in [-0.2, 0) is 4.74 Å². The lowest BCUT2D eigenvalue weighted by molar-refractivity contribution is 0.116. The molecule has 0 aromatic rings. The third-order valence-electron chi connectivity index (χ3n) is 1.38. The minimum Gasteiger partial charge on any atom is -0.392 e. The molecule has 11 heavy (non-hydrogen) atoms. The Bertz CT molecular complexity index is 115.